The van der Waals surface area contributed by atoms with E-state index in [1.165, 1.54) is 11.1 Å². The maximum absolute atomic E-state index is 11.6. The maximum atomic E-state index is 11.6. The molecule has 1 aromatic carbocycles. The molecule has 1 atom stereocenters. The van der Waals surface area contributed by atoms with Crippen molar-refractivity contribution in [3.63, 3.8) is 0 Å². The molecule has 0 heterocycles. The minimum absolute atomic E-state index is 0. The monoisotopic (exact) mass is 300 g/mol. The molecule has 0 aliphatic rings. The smallest absolute Gasteiger partial charge is 0.257 e. The molecule has 0 unspecified atom stereocenters. The van der Waals surface area contributed by atoms with E-state index in [4.69, 9.17) is 4.74 Å². The van der Waals surface area contributed by atoms with Gasteiger partial charge in [-0.1, -0.05) is 13.0 Å². The number of nitrogens with one attached hydrogen (secondary N) is 2. The van der Waals surface area contributed by atoms with Crippen LogP contribution in [0.5, 0.6) is 5.75 Å². The lowest BCUT2D eigenvalue weighted by atomic mass is 10.1. The zero-order valence-corrected chi connectivity index (χ0v) is 13.5. The second kappa shape index (κ2) is 9.61. The number of hydrogen-bond acceptors (Lipinski definition) is 3. The lowest BCUT2D eigenvalue weighted by Gasteiger charge is -2.13. The first-order valence-electron chi connectivity index (χ1n) is 6.73. The number of likely N-dealkylation sites (N-methyl/N-ethyl adjacent to an activating group) is 1. The summed E-state index contributed by atoms with van der Waals surface area (Å²) in [6.45, 7) is 9.73. The summed E-state index contributed by atoms with van der Waals surface area (Å²) in [5, 5.41) is 6.07. The lowest BCUT2D eigenvalue weighted by Crippen LogP contribution is -2.40. The quantitative estimate of drug-likeness (QED) is 0.812. The van der Waals surface area contributed by atoms with Crippen LogP contribution in [0.1, 0.15) is 25.0 Å². The minimum atomic E-state index is -0.0945. The summed E-state index contributed by atoms with van der Waals surface area (Å²) in [4.78, 5) is 11.6. The van der Waals surface area contributed by atoms with Crippen LogP contribution in [0.25, 0.3) is 0 Å². The van der Waals surface area contributed by atoms with Crippen LogP contribution in [-0.2, 0) is 4.79 Å². The van der Waals surface area contributed by atoms with Gasteiger partial charge >= 0.3 is 0 Å². The van der Waals surface area contributed by atoms with Gasteiger partial charge in [-0.3, -0.25) is 4.79 Å². The van der Waals surface area contributed by atoms with Crippen molar-refractivity contribution in [3.8, 4) is 5.75 Å². The molecule has 4 nitrogen and oxygen atoms in total. The fraction of sp³-hybridized carbons (Fsp3) is 0.533. The molecule has 5 heteroatoms. The average Bonchev–Trinajstić information content (AvgIpc) is 2.38. The molecule has 114 valence electrons. The standard InChI is InChI=1S/C15H24N2O2.ClH/c1-5-16-13(4)9-17-15(18)10-19-14-7-6-11(2)12(3)8-14;/h6-8,13,16H,5,9-10H2,1-4H3,(H,17,18);1H/t13-;/m1./s1. The van der Waals surface area contributed by atoms with E-state index < -0.39 is 0 Å². The Balaban J connectivity index is 0.00000361. The number of benzene rings is 1. The first kappa shape index (κ1) is 18.7. The third-order valence-corrected chi connectivity index (χ3v) is 3.01. The van der Waals surface area contributed by atoms with Crippen LogP contribution in [0, 0.1) is 13.8 Å². The van der Waals surface area contributed by atoms with Gasteiger partial charge in [0.2, 0.25) is 0 Å². The normalized spacial score (nSPS) is 11.4. The van der Waals surface area contributed by atoms with Crippen molar-refractivity contribution < 1.29 is 9.53 Å². The molecule has 2 N–H and O–H groups in total. The van der Waals surface area contributed by atoms with Crippen molar-refractivity contribution in [1.29, 1.82) is 0 Å². The van der Waals surface area contributed by atoms with E-state index >= 15 is 0 Å². The van der Waals surface area contributed by atoms with Gasteiger partial charge in [0.25, 0.3) is 5.91 Å². The van der Waals surface area contributed by atoms with Gasteiger partial charge in [0.15, 0.2) is 6.61 Å². The van der Waals surface area contributed by atoms with Gasteiger partial charge in [-0.2, -0.15) is 0 Å². The van der Waals surface area contributed by atoms with Crippen molar-refractivity contribution in [2.75, 3.05) is 19.7 Å². The molecule has 0 fully saturated rings. The van der Waals surface area contributed by atoms with Crippen LogP contribution in [0.3, 0.4) is 0 Å². The molecule has 0 radical (unpaired) electrons. The van der Waals surface area contributed by atoms with Crippen LogP contribution in [0.4, 0.5) is 0 Å². The topological polar surface area (TPSA) is 50.4 Å². The summed E-state index contributed by atoms with van der Waals surface area (Å²) < 4.78 is 5.46. The zero-order valence-electron chi connectivity index (χ0n) is 12.7. The Morgan fingerprint density at radius 2 is 2.00 bits per heavy atom. The molecular weight excluding hydrogens is 276 g/mol. The van der Waals surface area contributed by atoms with Crippen LogP contribution >= 0.6 is 12.4 Å². The molecule has 0 bridgehead atoms. The third kappa shape index (κ3) is 6.78. The van der Waals surface area contributed by atoms with E-state index in [9.17, 15) is 4.79 Å². The van der Waals surface area contributed by atoms with Crippen molar-refractivity contribution in [2.24, 2.45) is 0 Å². The first-order valence-corrected chi connectivity index (χ1v) is 6.73. The van der Waals surface area contributed by atoms with Gasteiger partial charge in [-0.15, -0.1) is 12.4 Å². The molecule has 0 saturated heterocycles. The Labute approximate surface area is 127 Å². The fourth-order valence-electron chi connectivity index (χ4n) is 1.69. The number of carbonyl (C=O) groups excluding carboxylic acids is 1. The van der Waals surface area contributed by atoms with E-state index in [2.05, 4.69) is 10.6 Å². The lowest BCUT2D eigenvalue weighted by molar-refractivity contribution is -0.123. The summed E-state index contributed by atoms with van der Waals surface area (Å²) in [5.41, 5.74) is 2.38. The Hall–Kier alpha value is -1.26. The molecule has 1 aromatic rings. The molecule has 0 aliphatic heterocycles. The molecular formula is C15H25ClN2O2. The van der Waals surface area contributed by atoms with Crippen molar-refractivity contribution in [3.05, 3.63) is 29.3 Å². The maximum Gasteiger partial charge on any atom is 0.257 e. The number of rotatable bonds is 7. The van der Waals surface area contributed by atoms with Gasteiger partial charge < -0.3 is 15.4 Å². The van der Waals surface area contributed by atoms with Gasteiger partial charge in [0.1, 0.15) is 5.75 Å². The highest BCUT2D eigenvalue weighted by atomic mass is 35.5. The first-order chi connectivity index (χ1) is 9.02. The average molecular weight is 301 g/mol. The van der Waals surface area contributed by atoms with Crippen molar-refractivity contribution in [1.82, 2.24) is 10.6 Å². The van der Waals surface area contributed by atoms with Crippen LogP contribution < -0.4 is 15.4 Å². The van der Waals surface area contributed by atoms with E-state index in [-0.39, 0.29) is 31.0 Å². The molecule has 1 rings (SSSR count). The SMILES string of the molecule is CCN[C@H](C)CNC(=O)COc1ccc(C)c(C)c1.Cl. The van der Waals surface area contributed by atoms with E-state index in [0.717, 1.165) is 12.3 Å². The zero-order chi connectivity index (χ0) is 14.3. The van der Waals surface area contributed by atoms with Gasteiger partial charge in [0.05, 0.1) is 0 Å². The number of hydrogen-bond donors (Lipinski definition) is 2. The predicted molar refractivity (Wildman–Crippen MR) is 84.8 cm³/mol. The molecule has 20 heavy (non-hydrogen) atoms. The summed E-state index contributed by atoms with van der Waals surface area (Å²) >= 11 is 0. The predicted octanol–water partition coefficient (Wildman–Crippen LogP) is 2.22. The van der Waals surface area contributed by atoms with Gasteiger partial charge in [-0.25, -0.2) is 0 Å². The Morgan fingerprint density at radius 3 is 2.60 bits per heavy atom. The number of ether oxygens (including phenoxy) is 1. The second-order valence-electron chi connectivity index (χ2n) is 4.80. The van der Waals surface area contributed by atoms with E-state index in [1.54, 1.807) is 0 Å². The molecule has 0 saturated carbocycles. The minimum Gasteiger partial charge on any atom is -0.484 e. The van der Waals surface area contributed by atoms with Crippen molar-refractivity contribution >= 4 is 18.3 Å². The fourth-order valence-corrected chi connectivity index (χ4v) is 1.69. The number of aryl methyl sites for hydroxylation is 2. The third-order valence-electron chi connectivity index (χ3n) is 3.01. The highest BCUT2D eigenvalue weighted by Crippen LogP contribution is 2.16. The van der Waals surface area contributed by atoms with Crippen molar-refractivity contribution in [2.45, 2.75) is 33.7 Å². The van der Waals surface area contributed by atoms with E-state index in [1.807, 2.05) is 45.9 Å². The second-order valence-corrected chi connectivity index (χ2v) is 4.80. The Kier molecular flexibility index (Phi) is 9.01. The molecule has 0 aromatic heterocycles. The highest BCUT2D eigenvalue weighted by molar-refractivity contribution is 5.85. The highest BCUT2D eigenvalue weighted by Gasteiger charge is 2.05. The van der Waals surface area contributed by atoms with Crippen LogP contribution in [-0.4, -0.2) is 31.6 Å². The summed E-state index contributed by atoms with van der Waals surface area (Å²) in [6, 6.07) is 6.10. The molecule has 1 amide bonds. The van der Waals surface area contributed by atoms with E-state index in [0.29, 0.717) is 6.54 Å². The summed E-state index contributed by atoms with van der Waals surface area (Å²) in [5.74, 6) is 0.640. The summed E-state index contributed by atoms with van der Waals surface area (Å²) in [7, 11) is 0. The molecule has 0 spiro atoms. The molecule has 0 aliphatic carbocycles. The largest absolute Gasteiger partial charge is 0.484 e. The number of amides is 1. The number of halogens is 1. The number of carbonyl (C=O) groups is 1. The van der Waals surface area contributed by atoms with Crippen LogP contribution in [0.2, 0.25) is 0 Å². The summed E-state index contributed by atoms with van der Waals surface area (Å²) in [6.07, 6.45) is 0. The van der Waals surface area contributed by atoms with Gasteiger partial charge in [0, 0.05) is 12.6 Å². The Morgan fingerprint density at radius 1 is 1.30 bits per heavy atom. The Bertz CT molecular complexity index is 424. The van der Waals surface area contributed by atoms with Gasteiger partial charge in [-0.05, 0) is 50.6 Å². The van der Waals surface area contributed by atoms with Crippen LogP contribution in [0.15, 0.2) is 18.2 Å².